The van der Waals surface area contributed by atoms with Crippen LogP contribution in [0.5, 0.6) is 5.75 Å². The Morgan fingerprint density at radius 3 is 2.76 bits per heavy atom. The van der Waals surface area contributed by atoms with E-state index in [1.165, 1.54) is 18.2 Å². The number of phenolic OH excluding ortho intramolecular Hbond substituents is 1. The van der Waals surface area contributed by atoms with E-state index in [1.54, 1.807) is 24.3 Å². The van der Waals surface area contributed by atoms with Gasteiger partial charge in [-0.2, -0.15) is 0 Å². The Morgan fingerprint density at radius 1 is 1.12 bits per heavy atom. The number of oxazole rings is 1. The molecule has 0 aliphatic carbocycles. The van der Waals surface area contributed by atoms with Crippen molar-refractivity contribution in [1.29, 1.82) is 0 Å². The van der Waals surface area contributed by atoms with E-state index in [1.807, 2.05) is 0 Å². The topological polar surface area (TPSA) is 46.3 Å². The summed E-state index contributed by atoms with van der Waals surface area (Å²) in [4.78, 5) is 4.19. The van der Waals surface area contributed by atoms with Gasteiger partial charge < -0.3 is 9.52 Å². The molecule has 0 fully saturated rings. The van der Waals surface area contributed by atoms with E-state index >= 15 is 0 Å². The minimum Gasteiger partial charge on any atom is -0.507 e. The predicted molar refractivity (Wildman–Crippen MR) is 61.1 cm³/mol. The molecule has 0 radical (unpaired) electrons. The molecule has 0 spiro atoms. The Balaban J connectivity index is 2.22. The largest absolute Gasteiger partial charge is 0.507 e. The van der Waals surface area contributed by atoms with Gasteiger partial charge in [-0.3, -0.25) is 0 Å². The van der Waals surface area contributed by atoms with Crippen LogP contribution >= 0.6 is 0 Å². The lowest BCUT2D eigenvalue weighted by molar-refractivity contribution is 0.474. The van der Waals surface area contributed by atoms with Gasteiger partial charge in [-0.25, -0.2) is 9.37 Å². The number of benzene rings is 2. The van der Waals surface area contributed by atoms with Crippen molar-refractivity contribution in [1.82, 2.24) is 4.98 Å². The number of para-hydroxylation sites is 1. The number of hydrogen-bond donors (Lipinski definition) is 1. The zero-order chi connectivity index (χ0) is 11.8. The van der Waals surface area contributed by atoms with Crippen molar-refractivity contribution in [3.8, 4) is 17.2 Å². The van der Waals surface area contributed by atoms with Gasteiger partial charge in [0.05, 0.1) is 5.56 Å². The fraction of sp³-hybridized carbons (Fsp3) is 0. The van der Waals surface area contributed by atoms with Gasteiger partial charge in [-0.1, -0.05) is 12.1 Å². The number of rotatable bonds is 1. The van der Waals surface area contributed by atoms with Crippen LogP contribution in [-0.2, 0) is 0 Å². The molecule has 1 aromatic heterocycles. The SMILES string of the molecule is Oc1ccccc1-c1nc2ccc(F)cc2o1. The van der Waals surface area contributed by atoms with Crippen LogP contribution in [0.3, 0.4) is 0 Å². The third-order valence-electron chi connectivity index (χ3n) is 2.48. The lowest BCUT2D eigenvalue weighted by Gasteiger charge is -1.97. The number of nitrogens with zero attached hydrogens (tertiary/aromatic N) is 1. The fourth-order valence-electron chi connectivity index (χ4n) is 1.67. The van der Waals surface area contributed by atoms with E-state index < -0.39 is 0 Å². The summed E-state index contributed by atoms with van der Waals surface area (Å²) in [5.74, 6) is -0.0132. The number of fused-ring (bicyclic) bond motifs is 1. The van der Waals surface area contributed by atoms with Gasteiger partial charge in [-0.15, -0.1) is 0 Å². The maximum absolute atomic E-state index is 13.0. The van der Waals surface area contributed by atoms with Crippen molar-refractivity contribution >= 4 is 11.1 Å². The lowest BCUT2D eigenvalue weighted by Crippen LogP contribution is -1.77. The smallest absolute Gasteiger partial charge is 0.231 e. The molecule has 0 saturated carbocycles. The van der Waals surface area contributed by atoms with E-state index in [4.69, 9.17) is 4.42 Å². The van der Waals surface area contributed by atoms with Crippen LogP contribution in [0.2, 0.25) is 0 Å². The van der Waals surface area contributed by atoms with Crippen LogP contribution < -0.4 is 0 Å². The second-order valence-electron chi connectivity index (χ2n) is 3.65. The van der Waals surface area contributed by atoms with Crippen LogP contribution in [0.25, 0.3) is 22.6 Å². The first-order valence-electron chi connectivity index (χ1n) is 5.08. The first kappa shape index (κ1) is 9.84. The minimum atomic E-state index is -0.377. The van der Waals surface area contributed by atoms with Crippen molar-refractivity contribution in [3.05, 3.63) is 48.3 Å². The number of halogens is 1. The highest BCUT2D eigenvalue weighted by molar-refractivity contribution is 5.77. The van der Waals surface area contributed by atoms with Crippen molar-refractivity contribution in [2.24, 2.45) is 0 Å². The average Bonchev–Trinajstić information content (AvgIpc) is 2.72. The summed E-state index contributed by atoms with van der Waals surface area (Å²) in [5.41, 5.74) is 1.41. The van der Waals surface area contributed by atoms with Gasteiger partial charge in [0.1, 0.15) is 17.1 Å². The first-order valence-corrected chi connectivity index (χ1v) is 5.08. The van der Waals surface area contributed by atoms with Gasteiger partial charge in [-0.05, 0) is 24.3 Å². The first-order chi connectivity index (χ1) is 8.24. The molecule has 3 rings (SSSR count). The van der Waals surface area contributed by atoms with Gasteiger partial charge >= 0.3 is 0 Å². The second-order valence-corrected chi connectivity index (χ2v) is 3.65. The molecule has 17 heavy (non-hydrogen) atoms. The molecule has 3 nitrogen and oxygen atoms in total. The third-order valence-corrected chi connectivity index (χ3v) is 2.48. The normalized spacial score (nSPS) is 10.9. The Labute approximate surface area is 96.1 Å². The van der Waals surface area contributed by atoms with Crippen LogP contribution in [0.15, 0.2) is 46.9 Å². The predicted octanol–water partition coefficient (Wildman–Crippen LogP) is 3.34. The molecule has 84 valence electrons. The molecular weight excluding hydrogens is 221 g/mol. The molecule has 4 heteroatoms. The summed E-state index contributed by atoms with van der Waals surface area (Å²) in [6.45, 7) is 0. The molecule has 0 aliphatic heterocycles. The quantitative estimate of drug-likeness (QED) is 0.696. The Morgan fingerprint density at radius 2 is 1.94 bits per heavy atom. The summed E-state index contributed by atoms with van der Waals surface area (Å²) >= 11 is 0. The summed E-state index contributed by atoms with van der Waals surface area (Å²) in [6, 6.07) is 10.8. The highest BCUT2D eigenvalue weighted by atomic mass is 19.1. The van der Waals surface area contributed by atoms with Crippen molar-refractivity contribution in [2.45, 2.75) is 0 Å². The zero-order valence-electron chi connectivity index (χ0n) is 8.72. The molecule has 0 unspecified atom stereocenters. The average molecular weight is 229 g/mol. The van der Waals surface area contributed by atoms with E-state index in [-0.39, 0.29) is 17.5 Å². The number of phenols is 1. The van der Waals surface area contributed by atoms with E-state index in [9.17, 15) is 9.50 Å². The Hall–Kier alpha value is -2.36. The molecule has 0 bridgehead atoms. The number of aromatic nitrogens is 1. The molecule has 3 aromatic rings. The maximum atomic E-state index is 13.0. The minimum absolute atomic E-state index is 0.0829. The molecule has 0 saturated heterocycles. The van der Waals surface area contributed by atoms with Crippen LogP contribution in [0.4, 0.5) is 4.39 Å². The van der Waals surface area contributed by atoms with Gasteiger partial charge in [0.2, 0.25) is 5.89 Å². The van der Waals surface area contributed by atoms with Gasteiger partial charge in [0, 0.05) is 6.07 Å². The second kappa shape index (κ2) is 3.59. The van der Waals surface area contributed by atoms with Crippen LogP contribution in [0.1, 0.15) is 0 Å². The molecule has 1 heterocycles. The zero-order valence-corrected chi connectivity index (χ0v) is 8.72. The monoisotopic (exact) mass is 229 g/mol. The highest BCUT2D eigenvalue weighted by Gasteiger charge is 2.11. The summed E-state index contributed by atoms with van der Waals surface area (Å²) in [5, 5.41) is 9.67. The van der Waals surface area contributed by atoms with Crippen molar-refractivity contribution < 1.29 is 13.9 Å². The molecule has 2 aromatic carbocycles. The standard InChI is InChI=1S/C13H8FNO2/c14-8-5-6-10-12(7-8)17-13(15-10)9-3-1-2-4-11(9)16/h1-7,16H. The van der Waals surface area contributed by atoms with E-state index in [2.05, 4.69) is 4.98 Å². The molecule has 0 atom stereocenters. The Bertz CT molecular complexity index is 691. The Kier molecular flexibility index (Phi) is 2.08. The number of hydrogen-bond acceptors (Lipinski definition) is 3. The third kappa shape index (κ3) is 1.63. The van der Waals surface area contributed by atoms with Crippen LogP contribution in [-0.4, -0.2) is 10.1 Å². The highest BCUT2D eigenvalue weighted by Crippen LogP contribution is 2.30. The fourth-order valence-corrected chi connectivity index (χ4v) is 1.67. The van der Waals surface area contributed by atoms with Gasteiger partial charge in [0.15, 0.2) is 5.58 Å². The number of aromatic hydroxyl groups is 1. The van der Waals surface area contributed by atoms with E-state index in [0.717, 1.165) is 0 Å². The van der Waals surface area contributed by atoms with E-state index in [0.29, 0.717) is 16.7 Å². The summed E-state index contributed by atoms with van der Waals surface area (Å²) in [7, 11) is 0. The molecule has 0 amide bonds. The molecular formula is C13H8FNO2. The van der Waals surface area contributed by atoms with Gasteiger partial charge in [0.25, 0.3) is 0 Å². The maximum Gasteiger partial charge on any atom is 0.231 e. The summed E-state index contributed by atoms with van der Waals surface area (Å²) in [6.07, 6.45) is 0. The summed E-state index contributed by atoms with van der Waals surface area (Å²) < 4.78 is 18.4. The van der Waals surface area contributed by atoms with Crippen molar-refractivity contribution in [3.63, 3.8) is 0 Å². The lowest BCUT2D eigenvalue weighted by atomic mass is 10.2. The molecule has 1 N–H and O–H groups in total. The molecule has 0 aliphatic rings. The van der Waals surface area contributed by atoms with Crippen molar-refractivity contribution in [2.75, 3.05) is 0 Å². The van der Waals surface area contributed by atoms with Crippen LogP contribution in [0, 0.1) is 5.82 Å².